The average Bonchev–Trinajstić information content (AvgIpc) is 2.94. The molecule has 1 aromatic carbocycles. The van der Waals surface area contributed by atoms with Crippen LogP contribution in [0.2, 0.25) is 0 Å². The van der Waals surface area contributed by atoms with Crippen molar-refractivity contribution in [1.29, 1.82) is 0 Å². The summed E-state index contributed by atoms with van der Waals surface area (Å²) in [4.78, 5) is 0. The molecule has 1 aromatic heterocycles. The first kappa shape index (κ1) is 11.3. The zero-order valence-corrected chi connectivity index (χ0v) is 10.3. The first-order valence-corrected chi connectivity index (χ1v) is 6.16. The van der Waals surface area contributed by atoms with Crippen LogP contribution >= 0.6 is 0 Å². The Morgan fingerprint density at radius 1 is 1.44 bits per heavy atom. The molecule has 0 saturated heterocycles. The Bertz CT molecular complexity index is 563. The number of benzene rings is 1. The van der Waals surface area contributed by atoms with Gasteiger partial charge in [0.2, 0.25) is 0 Å². The van der Waals surface area contributed by atoms with Crippen molar-refractivity contribution in [3.8, 4) is 5.75 Å². The van der Waals surface area contributed by atoms with Crippen LogP contribution in [0.4, 0.5) is 0 Å². The molecular weight excluding hydrogens is 228 g/mol. The number of aromatic nitrogens is 1. The van der Waals surface area contributed by atoms with Gasteiger partial charge in [-0.15, -0.1) is 0 Å². The molecule has 0 bridgehead atoms. The summed E-state index contributed by atoms with van der Waals surface area (Å²) in [6.45, 7) is 2.30. The summed E-state index contributed by atoms with van der Waals surface area (Å²) in [5.74, 6) is 1.60. The van der Waals surface area contributed by atoms with Crippen LogP contribution < -0.4 is 10.5 Å². The summed E-state index contributed by atoms with van der Waals surface area (Å²) >= 11 is 0. The summed E-state index contributed by atoms with van der Waals surface area (Å²) in [6, 6.07) is 8.17. The Labute approximate surface area is 106 Å². The fourth-order valence-corrected chi connectivity index (χ4v) is 2.36. The van der Waals surface area contributed by atoms with Crippen LogP contribution in [-0.4, -0.2) is 5.16 Å². The van der Waals surface area contributed by atoms with Crippen molar-refractivity contribution in [3.63, 3.8) is 0 Å². The van der Waals surface area contributed by atoms with E-state index in [4.69, 9.17) is 15.0 Å². The molecule has 18 heavy (non-hydrogen) atoms. The van der Waals surface area contributed by atoms with Crippen LogP contribution in [0.3, 0.4) is 0 Å². The van der Waals surface area contributed by atoms with Gasteiger partial charge in [0.15, 0.2) is 5.76 Å². The van der Waals surface area contributed by atoms with Crippen molar-refractivity contribution in [2.24, 2.45) is 5.73 Å². The highest BCUT2D eigenvalue weighted by atomic mass is 16.5. The van der Waals surface area contributed by atoms with Crippen molar-refractivity contribution < 1.29 is 9.26 Å². The van der Waals surface area contributed by atoms with Gasteiger partial charge in [0.05, 0.1) is 5.69 Å². The largest absolute Gasteiger partial charge is 0.486 e. The zero-order valence-electron chi connectivity index (χ0n) is 10.3. The van der Waals surface area contributed by atoms with Crippen LogP contribution in [0.1, 0.15) is 35.0 Å². The van der Waals surface area contributed by atoms with E-state index in [1.807, 2.05) is 19.1 Å². The third-order valence-electron chi connectivity index (χ3n) is 3.30. The van der Waals surface area contributed by atoms with Crippen molar-refractivity contribution in [2.75, 3.05) is 0 Å². The molecular formula is C14H16N2O2. The quantitative estimate of drug-likeness (QED) is 0.901. The SMILES string of the molecule is Cc1cc(COc2ccc3c(c2)CCC3N)on1. The predicted molar refractivity (Wildman–Crippen MR) is 67.3 cm³/mol. The normalized spacial score (nSPS) is 17.8. The van der Waals surface area contributed by atoms with Gasteiger partial charge in [-0.3, -0.25) is 0 Å². The zero-order chi connectivity index (χ0) is 12.5. The van der Waals surface area contributed by atoms with Gasteiger partial charge in [-0.1, -0.05) is 11.2 Å². The number of ether oxygens (including phenoxy) is 1. The third kappa shape index (κ3) is 2.11. The molecule has 0 radical (unpaired) electrons. The first-order chi connectivity index (χ1) is 8.72. The minimum absolute atomic E-state index is 0.186. The van der Waals surface area contributed by atoms with E-state index in [2.05, 4.69) is 17.3 Å². The fraction of sp³-hybridized carbons (Fsp3) is 0.357. The van der Waals surface area contributed by atoms with Gasteiger partial charge in [0.25, 0.3) is 0 Å². The second-order valence-corrected chi connectivity index (χ2v) is 4.73. The van der Waals surface area contributed by atoms with Gasteiger partial charge in [-0.25, -0.2) is 0 Å². The maximum atomic E-state index is 6.00. The second kappa shape index (κ2) is 4.46. The van der Waals surface area contributed by atoms with E-state index in [0.717, 1.165) is 30.0 Å². The second-order valence-electron chi connectivity index (χ2n) is 4.73. The van der Waals surface area contributed by atoms with Crippen LogP contribution in [0, 0.1) is 6.92 Å². The van der Waals surface area contributed by atoms with Crippen molar-refractivity contribution >= 4 is 0 Å². The van der Waals surface area contributed by atoms with Crippen LogP contribution in [-0.2, 0) is 13.0 Å². The fourth-order valence-electron chi connectivity index (χ4n) is 2.36. The summed E-state index contributed by atoms with van der Waals surface area (Å²) in [5.41, 5.74) is 9.42. The molecule has 3 rings (SSSR count). The van der Waals surface area contributed by atoms with E-state index in [9.17, 15) is 0 Å². The predicted octanol–water partition coefficient (Wildman–Crippen LogP) is 2.51. The molecule has 0 aliphatic heterocycles. The van der Waals surface area contributed by atoms with Gasteiger partial charge < -0.3 is 15.0 Å². The molecule has 0 spiro atoms. The van der Waals surface area contributed by atoms with Gasteiger partial charge in [0, 0.05) is 12.1 Å². The lowest BCUT2D eigenvalue weighted by Gasteiger charge is -2.08. The van der Waals surface area contributed by atoms with E-state index in [0.29, 0.717) is 6.61 Å². The number of hydrogen-bond donors (Lipinski definition) is 1. The molecule has 0 amide bonds. The summed E-state index contributed by atoms with van der Waals surface area (Å²) < 4.78 is 10.8. The number of nitrogens with two attached hydrogens (primary N) is 1. The molecule has 1 unspecified atom stereocenters. The van der Waals surface area contributed by atoms with E-state index in [1.54, 1.807) is 0 Å². The summed E-state index contributed by atoms with van der Waals surface area (Å²) in [5, 5.41) is 3.83. The Morgan fingerprint density at radius 3 is 3.11 bits per heavy atom. The Balaban J connectivity index is 1.70. The molecule has 1 atom stereocenters. The molecule has 94 valence electrons. The lowest BCUT2D eigenvalue weighted by molar-refractivity contribution is 0.248. The Hall–Kier alpha value is -1.81. The van der Waals surface area contributed by atoms with Crippen molar-refractivity contribution in [2.45, 2.75) is 32.4 Å². The standard InChI is InChI=1S/C14H16N2O2/c1-9-6-12(18-16-9)8-17-11-3-4-13-10(7-11)2-5-14(13)15/h3-4,6-7,14H,2,5,8,15H2,1H3. The van der Waals surface area contributed by atoms with Gasteiger partial charge in [-0.05, 0) is 43.0 Å². The van der Waals surface area contributed by atoms with Gasteiger partial charge in [-0.2, -0.15) is 0 Å². The van der Waals surface area contributed by atoms with E-state index in [1.165, 1.54) is 11.1 Å². The van der Waals surface area contributed by atoms with E-state index >= 15 is 0 Å². The molecule has 1 aliphatic carbocycles. The average molecular weight is 244 g/mol. The maximum Gasteiger partial charge on any atom is 0.174 e. The molecule has 1 heterocycles. The molecule has 0 saturated carbocycles. The highest BCUT2D eigenvalue weighted by Gasteiger charge is 2.19. The maximum absolute atomic E-state index is 6.00. The summed E-state index contributed by atoms with van der Waals surface area (Å²) in [6.07, 6.45) is 2.06. The Kier molecular flexibility index (Phi) is 2.80. The number of hydrogen-bond acceptors (Lipinski definition) is 4. The summed E-state index contributed by atoms with van der Waals surface area (Å²) in [7, 11) is 0. The highest BCUT2D eigenvalue weighted by molar-refractivity contribution is 5.40. The highest BCUT2D eigenvalue weighted by Crippen LogP contribution is 2.32. The van der Waals surface area contributed by atoms with Crippen molar-refractivity contribution in [1.82, 2.24) is 5.16 Å². The lowest BCUT2D eigenvalue weighted by atomic mass is 10.1. The molecule has 2 aromatic rings. The van der Waals surface area contributed by atoms with Gasteiger partial charge >= 0.3 is 0 Å². The molecule has 0 fully saturated rings. The van der Waals surface area contributed by atoms with E-state index < -0.39 is 0 Å². The molecule has 2 N–H and O–H groups in total. The minimum atomic E-state index is 0.186. The number of rotatable bonds is 3. The third-order valence-corrected chi connectivity index (χ3v) is 3.30. The van der Waals surface area contributed by atoms with Crippen LogP contribution in [0.5, 0.6) is 5.75 Å². The van der Waals surface area contributed by atoms with E-state index in [-0.39, 0.29) is 6.04 Å². The number of aryl methyl sites for hydroxylation is 2. The smallest absolute Gasteiger partial charge is 0.174 e. The molecule has 4 nitrogen and oxygen atoms in total. The topological polar surface area (TPSA) is 61.3 Å². The van der Waals surface area contributed by atoms with Crippen LogP contribution in [0.15, 0.2) is 28.8 Å². The number of nitrogens with zero attached hydrogens (tertiary/aromatic N) is 1. The van der Waals surface area contributed by atoms with Gasteiger partial charge in [0.1, 0.15) is 12.4 Å². The van der Waals surface area contributed by atoms with Crippen LogP contribution in [0.25, 0.3) is 0 Å². The number of fused-ring (bicyclic) bond motifs is 1. The van der Waals surface area contributed by atoms with Crippen molar-refractivity contribution in [3.05, 3.63) is 46.8 Å². The monoisotopic (exact) mass is 244 g/mol. The minimum Gasteiger partial charge on any atom is -0.486 e. The lowest BCUT2D eigenvalue weighted by Crippen LogP contribution is -2.05. The first-order valence-electron chi connectivity index (χ1n) is 6.16. The molecule has 4 heteroatoms. The Morgan fingerprint density at radius 2 is 2.33 bits per heavy atom. The molecule has 1 aliphatic rings.